The van der Waals surface area contributed by atoms with E-state index in [0.29, 0.717) is 5.92 Å². The van der Waals surface area contributed by atoms with Crippen LogP contribution in [0.3, 0.4) is 0 Å². The summed E-state index contributed by atoms with van der Waals surface area (Å²) in [4.78, 5) is 14.5. The largest absolute Gasteiger partial charge is 0.394 e. The molecule has 0 bridgehead atoms. The van der Waals surface area contributed by atoms with Gasteiger partial charge in [0.2, 0.25) is 5.91 Å². The van der Waals surface area contributed by atoms with E-state index in [1.165, 1.54) is 0 Å². The summed E-state index contributed by atoms with van der Waals surface area (Å²) < 4.78 is 0. The Kier molecular flexibility index (Phi) is 4.56. The van der Waals surface area contributed by atoms with E-state index in [2.05, 4.69) is 10.2 Å². The lowest BCUT2D eigenvalue weighted by Gasteiger charge is -2.35. The number of aliphatic hydroxyl groups excluding tert-OH is 1. The van der Waals surface area contributed by atoms with E-state index in [1.54, 1.807) is 0 Å². The maximum Gasteiger partial charge on any atom is 0.237 e. The van der Waals surface area contributed by atoms with Gasteiger partial charge in [0.25, 0.3) is 0 Å². The lowest BCUT2D eigenvalue weighted by atomic mass is 9.96. The Morgan fingerprint density at radius 1 is 1.50 bits per heavy atom. The second kappa shape index (κ2) is 5.80. The van der Waals surface area contributed by atoms with Crippen molar-refractivity contribution in [2.24, 2.45) is 5.92 Å². The molecule has 0 spiro atoms. The number of rotatable bonds is 5. The van der Waals surface area contributed by atoms with Crippen LogP contribution in [0.5, 0.6) is 0 Å². The molecule has 4 nitrogen and oxygen atoms in total. The van der Waals surface area contributed by atoms with Crippen LogP contribution in [0, 0.1) is 5.92 Å². The van der Waals surface area contributed by atoms with E-state index in [-0.39, 0.29) is 18.6 Å². The Morgan fingerprint density at radius 3 is 2.61 bits per heavy atom. The molecule has 1 aliphatic carbocycles. The van der Waals surface area contributed by atoms with Crippen molar-refractivity contribution in [1.29, 1.82) is 0 Å². The highest BCUT2D eigenvalue weighted by atomic mass is 32.2. The van der Waals surface area contributed by atoms with Crippen molar-refractivity contribution in [3.8, 4) is 0 Å². The molecule has 5 heteroatoms. The normalized spacial score (nSPS) is 26.4. The van der Waals surface area contributed by atoms with Crippen molar-refractivity contribution < 1.29 is 9.90 Å². The van der Waals surface area contributed by atoms with Crippen molar-refractivity contribution in [2.75, 3.05) is 31.2 Å². The molecule has 2 fully saturated rings. The molecule has 1 amide bonds. The van der Waals surface area contributed by atoms with Gasteiger partial charge in [-0.1, -0.05) is 0 Å². The average Bonchev–Trinajstić information content (AvgIpc) is 3.23. The summed E-state index contributed by atoms with van der Waals surface area (Å²) in [7, 11) is 0. The molecule has 2 atom stereocenters. The molecule has 1 saturated heterocycles. The van der Waals surface area contributed by atoms with Gasteiger partial charge in [-0.2, -0.15) is 11.8 Å². The van der Waals surface area contributed by atoms with Gasteiger partial charge in [-0.15, -0.1) is 0 Å². The van der Waals surface area contributed by atoms with Gasteiger partial charge in [-0.3, -0.25) is 9.69 Å². The van der Waals surface area contributed by atoms with Crippen LogP contribution in [0.1, 0.15) is 26.7 Å². The minimum absolute atomic E-state index is 0.0337. The predicted octanol–water partition coefficient (Wildman–Crippen LogP) is 0.701. The van der Waals surface area contributed by atoms with Gasteiger partial charge in [-0.05, 0) is 32.6 Å². The number of nitrogens with one attached hydrogen (secondary N) is 1. The molecule has 0 aromatic heterocycles. The molecule has 0 aromatic rings. The van der Waals surface area contributed by atoms with E-state index in [9.17, 15) is 9.90 Å². The monoisotopic (exact) mass is 272 g/mol. The molecule has 2 N–H and O–H groups in total. The SMILES string of the molecule is CC(C(=O)NC(C)(CO)C1CC1)N1CCSCC1. The van der Waals surface area contributed by atoms with Crippen LogP contribution in [0.15, 0.2) is 0 Å². The van der Waals surface area contributed by atoms with Crippen LogP contribution in [0.2, 0.25) is 0 Å². The minimum atomic E-state index is -0.421. The number of hydrogen-bond donors (Lipinski definition) is 2. The van der Waals surface area contributed by atoms with Gasteiger partial charge < -0.3 is 10.4 Å². The smallest absolute Gasteiger partial charge is 0.237 e. The molecule has 1 saturated carbocycles. The Labute approximate surface area is 113 Å². The number of nitrogens with zero attached hydrogens (tertiary/aromatic N) is 1. The molecule has 0 aromatic carbocycles. The zero-order chi connectivity index (χ0) is 13.2. The fourth-order valence-corrected chi connectivity index (χ4v) is 3.44. The number of aliphatic hydroxyl groups is 1. The fourth-order valence-electron chi connectivity index (χ4n) is 2.51. The van der Waals surface area contributed by atoms with Crippen molar-refractivity contribution in [3.05, 3.63) is 0 Å². The quantitative estimate of drug-likeness (QED) is 0.773. The first-order valence-electron chi connectivity index (χ1n) is 6.81. The van der Waals surface area contributed by atoms with Gasteiger partial charge >= 0.3 is 0 Å². The summed E-state index contributed by atoms with van der Waals surface area (Å²) in [6, 6.07) is -0.0875. The third-order valence-electron chi connectivity index (χ3n) is 4.19. The molecule has 2 rings (SSSR count). The fraction of sp³-hybridized carbons (Fsp3) is 0.923. The highest BCUT2D eigenvalue weighted by molar-refractivity contribution is 7.99. The van der Waals surface area contributed by atoms with Crippen molar-refractivity contribution >= 4 is 17.7 Å². The van der Waals surface area contributed by atoms with Crippen molar-refractivity contribution in [1.82, 2.24) is 10.2 Å². The molecule has 0 radical (unpaired) electrons. The molecule has 1 aliphatic heterocycles. The van der Waals surface area contributed by atoms with Gasteiger partial charge in [0.1, 0.15) is 0 Å². The minimum Gasteiger partial charge on any atom is -0.394 e. The molecule has 2 aliphatic rings. The van der Waals surface area contributed by atoms with Crippen LogP contribution in [0.4, 0.5) is 0 Å². The van der Waals surface area contributed by atoms with E-state index < -0.39 is 5.54 Å². The number of hydrogen-bond acceptors (Lipinski definition) is 4. The lowest BCUT2D eigenvalue weighted by Crippen LogP contribution is -2.57. The van der Waals surface area contributed by atoms with Gasteiger partial charge in [-0.25, -0.2) is 0 Å². The zero-order valence-electron chi connectivity index (χ0n) is 11.3. The molecule has 1 heterocycles. The Hall–Kier alpha value is -0.260. The first-order valence-corrected chi connectivity index (χ1v) is 7.97. The Bertz CT molecular complexity index is 303. The predicted molar refractivity (Wildman–Crippen MR) is 74.7 cm³/mol. The molecular formula is C13H24N2O2S. The second-order valence-electron chi connectivity index (χ2n) is 5.66. The highest BCUT2D eigenvalue weighted by Crippen LogP contribution is 2.39. The number of carbonyl (C=O) groups is 1. The highest BCUT2D eigenvalue weighted by Gasteiger charge is 2.43. The maximum atomic E-state index is 12.3. The molecule has 104 valence electrons. The van der Waals surface area contributed by atoms with Crippen LogP contribution in [0.25, 0.3) is 0 Å². The third kappa shape index (κ3) is 3.19. The number of thioether (sulfide) groups is 1. The average molecular weight is 272 g/mol. The van der Waals surface area contributed by atoms with E-state index >= 15 is 0 Å². The molecule has 2 unspecified atom stereocenters. The van der Waals surface area contributed by atoms with Crippen LogP contribution >= 0.6 is 11.8 Å². The van der Waals surface area contributed by atoms with Gasteiger partial charge in [0.15, 0.2) is 0 Å². The third-order valence-corrected chi connectivity index (χ3v) is 5.13. The summed E-state index contributed by atoms with van der Waals surface area (Å²) >= 11 is 1.95. The Balaban J connectivity index is 1.89. The van der Waals surface area contributed by atoms with Crippen LogP contribution < -0.4 is 5.32 Å². The number of carbonyl (C=O) groups excluding carboxylic acids is 1. The summed E-state index contributed by atoms with van der Waals surface area (Å²) in [5.74, 6) is 2.73. The van der Waals surface area contributed by atoms with Crippen molar-refractivity contribution in [2.45, 2.75) is 38.3 Å². The van der Waals surface area contributed by atoms with Crippen LogP contribution in [-0.4, -0.2) is 58.7 Å². The first kappa shape index (κ1) is 14.2. The zero-order valence-corrected chi connectivity index (χ0v) is 12.1. The first-order chi connectivity index (χ1) is 8.57. The summed E-state index contributed by atoms with van der Waals surface area (Å²) in [5.41, 5.74) is -0.421. The van der Waals surface area contributed by atoms with Gasteiger partial charge in [0, 0.05) is 24.6 Å². The lowest BCUT2D eigenvalue weighted by molar-refractivity contribution is -0.128. The maximum absolute atomic E-state index is 12.3. The van der Waals surface area contributed by atoms with E-state index in [4.69, 9.17) is 0 Å². The second-order valence-corrected chi connectivity index (χ2v) is 6.89. The van der Waals surface area contributed by atoms with Crippen molar-refractivity contribution in [3.63, 3.8) is 0 Å². The molecular weight excluding hydrogens is 248 g/mol. The standard InChI is InChI=1S/C13H24N2O2S/c1-10(15-5-7-18-8-6-15)12(17)14-13(2,9-16)11-3-4-11/h10-11,16H,3-9H2,1-2H3,(H,14,17). The number of amides is 1. The summed E-state index contributed by atoms with van der Waals surface area (Å²) in [6.45, 7) is 5.93. The summed E-state index contributed by atoms with van der Waals surface area (Å²) in [5, 5.41) is 12.6. The Morgan fingerprint density at radius 2 is 2.11 bits per heavy atom. The molecule has 18 heavy (non-hydrogen) atoms. The topological polar surface area (TPSA) is 52.6 Å². The van der Waals surface area contributed by atoms with Crippen LogP contribution in [-0.2, 0) is 4.79 Å². The van der Waals surface area contributed by atoms with E-state index in [1.807, 2.05) is 25.6 Å². The van der Waals surface area contributed by atoms with E-state index in [0.717, 1.165) is 37.4 Å². The van der Waals surface area contributed by atoms with Gasteiger partial charge in [0.05, 0.1) is 18.2 Å². The summed E-state index contributed by atoms with van der Waals surface area (Å²) in [6.07, 6.45) is 2.23.